The van der Waals surface area contributed by atoms with Crippen LogP contribution in [0.2, 0.25) is 0 Å². The minimum Gasteiger partial charge on any atom is -0.497 e. The Kier molecular flexibility index (Phi) is 6.26. The van der Waals surface area contributed by atoms with E-state index in [2.05, 4.69) is 24.0 Å². The largest absolute Gasteiger partial charge is 0.497 e. The number of hydrogen-bond acceptors (Lipinski definition) is 7. The van der Waals surface area contributed by atoms with Crippen LogP contribution in [0.3, 0.4) is 0 Å². The van der Waals surface area contributed by atoms with Gasteiger partial charge in [-0.3, -0.25) is 4.79 Å². The first kappa shape index (κ1) is 19.5. The molecule has 0 saturated carbocycles. The number of hydrogen-bond donors (Lipinski definition) is 0. The van der Waals surface area contributed by atoms with E-state index in [-0.39, 0.29) is 23.7 Å². The molecule has 0 spiro atoms. The Balaban J connectivity index is 1.67. The van der Waals surface area contributed by atoms with Gasteiger partial charge in [-0.25, -0.2) is 0 Å². The lowest BCUT2D eigenvalue weighted by atomic mass is 9.98. The highest BCUT2D eigenvalue weighted by Crippen LogP contribution is 2.34. The number of piperidine rings is 1. The molecule has 1 fully saturated rings. The Morgan fingerprint density at radius 2 is 1.96 bits per heavy atom. The zero-order valence-electron chi connectivity index (χ0n) is 16.1. The van der Waals surface area contributed by atoms with Gasteiger partial charge in [-0.2, -0.15) is 0 Å². The van der Waals surface area contributed by atoms with Gasteiger partial charge < -0.3 is 18.8 Å². The number of benzene rings is 1. The third kappa shape index (κ3) is 4.37. The maximum atomic E-state index is 12.6. The minimum atomic E-state index is 0.112. The number of rotatable bonds is 6. The summed E-state index contributed by atoms with van der Waals surface area (Å²) in [6.07, 6.45) is 3.29. The molecule has 2 heterocycles. The maximum absolute atomic E-state index is 12.6. The van der Waals surface area contributed by atoms with E-state index in [9.17, 15) is 4.79 Å². The number of thioether (sulfide) groups is 1. The van der Waals surface area contributed by atoms with Crippen molar-refractivity contribution in [3.63, 3.8) is 0 Å². The van der Waals surface area contributed by atoms with Crippen molar-refractivity contribution >= 4 is 17.7 Å². The van der Waals surface area contributed by atoms with Gasteiger partial charge in [0.05, 0.1) is 25.5 Å². The van der Waals surface area contributed by atoms with E-state index in [0.29, 0.717) is 28.2 Å². The lowest BCUT2D eigenvalue weighted by Gasteiger charge is -2.39. The molecule has 7 nitrogen and oxygen atoms in total. The first-order valence-corrected chi connectivity index (χ1v) is 10.0. The molecule has 1 aliphatic rings. The monoisotopic (exact) mass is 391 g/mol. The Labute approximate surface area is 163 Å². The van der Waals surface area contributed by atoms with E-state index in [4.69, 9.17) is 13.9 Å². The van der Waals surface area contributed by atoms with E-state index in [1.54, 1.807) is 26.4 Å². The first-order chi connectivity index (χ1) is 13.0. The van der Waals surface area contributed by atoms with Gasteiger partial charge in [-0.1, -0.05) is 11.8 Å². The van der Waals surface area contributed by atoms with E-state index >= 15 is 0 Å². The van der Waals surface area contributed by atoms with E-state index in [1.807, 2.05) is 11.0 Å². The highest BCUT2D eigenvalue weighted by atomic mass is 32.2. The standard InChI is InChI=1S/C19H25N3O4S/c1-12-6-5-7-13(2)22(12)17(23)11-27-19-21-20-18(26-19)15-9-8-14(24-3)10-16(15)25-4/h8-10,12-13H,5-7,11H2,1-4H3/t12-,13-/m1/s1. The van der Waals surface area contributed by atoms with Crippen molar-refractivity contribution in [1.82, 2.24) is 15.1 Å². The topological polar surface area (TPSA) is 77.7 Å². The van der Waals surface area contributed by atoms with Gasteiger partial charge in [0.15, 0.2) is 0 Å². The molecular formula is C19H25N3O4S. The molecule has 0 aliphatic carbocycles. The van der Waals surface area contributed by atoms with Crippen molar-refractivity contribution in [1.29, 1.82) is 0 Å². The molecule has 0 unspecified atom stereocenters. The zero-order chi connectivity index (χ0) is 19.4. The summed E-state index contributed by atoms with van der Waals surface area (Å²) in [6.45, 7) is 4.22. The number of aromatic nitrogens is 2. The van der Waals surface area contributed by atoms with Crippen LogP contribution in [-0.4, -0.2) is 53.1 Å². The fourth-order valence-electron chi connectivity index (χ4n) is 3.46. The highest BCUT2D eigenvalue weighted by Gasteiger charge is 2.29. The van der Waals surface area contributed by atoms with Crippen LogP contribution in [0, 0.1) is 0 Å². The van der Waals surface area contributed by atoms with Crippen LogP contribution < -0.4 is 9.47 Å². The van der Waals surface area contributed by atoms with Gasteiger partial charge in [0.1, 0.15) is 11.5 Å². The van der Waals surface area contributed by atoms with Crippen molar-refractivity contribution in [3.05, 3.63) is 18.2 Å². The zero-order valence-corrected chi connectivity index (χ0v) is 16.9. The van der Waals surface area contributed by atoms with Gasteiger partial charge in [0.2, 0.25) is 5.91 Å². The van der Waals surface area contributed by atoms with Gasteiger partial charge in [0, 0.05) is 18.2 Å². The number of carbonyl (C=O) groups excluding carboxylic acids is 1. The maximum Gasteiger partial charge on any atom is 0.277 e. The van der Waals surface area contributed by atoms with E-state index < -0.39 is 0 Å². The summed E-state index contributed by atoms with van der Waals surface area (Å²) in [7, 11) is 3.17. The highest BCUT2D eigenvalue weighted by molar-refractivity contribution is 7.99. The van der Waals surface area contributed by atoms with Crippen molar-refractivity contribution in [2.24, 2.45) is 0 Å². The number of ether oxygens (including phenoxy) is 2. The van der Waals surface area contributed by atoms with Crippen molar-refractivity contribution in [2.45, 2.75) is 50.4 Å². The summed E-state index contributed by atoms with van der Waals surface area (Å²) in [5, 5.41) is 8.51. The normalized spacial score (nSPS) is 19.8. The molecule has 146 valence electrons. The average molecular weight is 391 g/mol. The molecular weight excluding hydrogens is 366 g/mol. The van der Waals surface area contributed by atoms with Gasteiger partial charge in [0.25, 0.3) is 11.1 Å². The molecule has 1 aliphatic heterocycles. The SMILES string of the molecule is COc1ccc(-c2nnc(SCC(=O)N3[C@H](C)CCC[C@H]3C)o2)c(OC)c1. The summed E-state index contributed by atoms with van der Waals surface area (Å²) >= 11 is 1.27. The van der Waals surface area contributed by atoms with E-state index in [0.717, 1.165) is 12.8 Å². The molecule has 2 atom stereocenters. The third-order valence-electron chi connectivity index (χ3n) is 4.85. The first-order valence-electron chi connectivity index (χ1n) is 9.03. The van der Waals surface area contributed by atoms with Crippen LogP contribution >= 0.6 is 11.8 Å². The number of nitrogens with zero attached hydrogens (tertiary/aromatic N) is 3. The fraction of sp³-hybridized carbons (Fsp3) is 0.526. The second kappa shape index (κ2) is 8.65. The second-order valence-electron chi connectivity index (χ2n) is 6.66. The van der Waals surface area contributed by atoms with Gasteiger partial charge in [-0.15, -0.1) is 10.2 Å². The Morgan fingerprint density at radius 3 is 2.63 bits per heavy atom. The third-order valence-corrected chi connectivity index (χ3v) is 5.65. The van der Waals surface area contributed by atoms with Crippen LogP contribution in [0.25, 0.3) is 11.5 Å². The Bertz CT molecular complexity index is 785. The summed E-state index contributed by atoms with van der Waals surface area (Å²) in [5.41, 5.74) is 0.683. The van der Waals surface area contributed by atoms with Gasteiger partial charge >= 0.3 is 0 Å². The van der Waals surface area contributed by atoms with Crippen molar-refractivity contribution < 1.29 is 18.7 Å². The lowest BCUT2D eigenvalue weighted by molar-refractivity contribution is -0.134. The summed E-state index contributed by atoms with van der Waals surface area (Å²) in [6, 6.07) is 5.93. The molecule has 0 radical (unpaired) electrons. The van der Waals surface area contributed by atoms with Crippen molar-refractivity contribution in [3.8, 4) is 23.0 Å². The lowest BCUT2D eigenvalue weighted by Crippen LogP contribution is -2.48. The van der Waals surface area contributed by atoms with Crippen LogP contribution in [-0.2, 0) is 4.79 Å². The molecule has 2 aromatic rings. The molecule has 1 saturated heterocycles. The summed E-state index contributed by atoms with van der Waals surface area (Å²) in [4.78, 5) is 14.6. The number of amides is 1. The summed E-state index contributed by atoms with van der Waals surface area (Å²) in [5.74, 6) is 2.02. The predicted octanol–water partition coefficient (Wildman–Crippen LogP) is 3.64. The van der Waals surface area contributed by atoms with E-state index in [1.165, 1.54) is 18.2 Å². The average Bonchev–Trinajstić information content (AvgIpc) is 3.14. The van der Waals surface area contributed by atoms with Crippen LogP contribution in [0.5, 0.6) is 11.5 Å². The molecule has 0 N–H and O–H groups in total. The molecule has 1 amide bonds. The molecule has 27 heavy (non-hydrogen) atoms. The summed E-state index contributed by atoms with van der Waals surface area (Å²) < 4.78 is 16.3. The Morgan fingerprint density at radius 1 is 1.22 bits per heavy atom. The molecule has 1 aromatic carbocycles. The fourth-order valence-corrected chi connectivity index (χ4v) is 4.10. The van der Waals surface area contributed by atoms with Crippen molar-refractivity contribution in [2.75, 3.05) is 20.0 Å². The Hall–Kier alpha value is -2.22. The van der Waals surface area contributed by atoms with Crippen LogP contribution in [0.4, 0.5) is 0 Å². The molecule has 8 heteroatoms. The molecule has 1 aromatic heterocycles. The van der Waals surface area contributed by atoms with Crippen LogP contribution in [0.1, 0.15) is 33.1 Å². The number of likely N-dealkylation sites (tertiary alicyclic amines) is 1. The molecule has 3 rings (SSSR count). The molecule has 0 bridgehead atoms. The predicted molar refractivity (Wildman–Crippen MR) is 103 cm³/mol. The quantitative estimate of drug-likeness (QED) is 0.696. The second-order valence-corrected chi connectivity index (χ2v) is 7.58. The number of carbonyl (C=O) groups is 1. The van der Waals surface area contributed by atoms with Gasteiger partial charge in [-0.05, 0) is 45.2 Å². The van der Waals surface area contributed by atoms with Crippen LogP contribution in [0.15, 0.2) is 27.8 Å². The number of methoxy groups -OCH3 is 2. The minimum absolute atomic E-state index is 0.112. The smallest absolute Gasteiger partial charge is 0.277 e.